The van der Waals surface area contributed by atoms with Crippen molar-refractivity contribution in [1.29, 1.82) is 0 Å². The molecule has 35 heavy (non-hydrogen) atoms. The molecular weight excluding hydrogens is 428 g/mol. The zero-order valence-electron chi connectivity index (χ0n) is 22.3. The second-order valence-electron chi connectivity index (χ2n) is 13.1. The second kappa shape index (κ2) is 7.92. The summed E-state index contributed by atoms with van der Waals surface area (Å²) in [6, 6.07) is 9.65. The second-order valence-corrected chi connectivity index (χ2v) is 13.1. The molecule has 0 spiro atoms. The average molecular weight is 471 g/mol. The molecule has 4 aliphatic rings. The van der Waals surface area contributed by atoms with E-state index in [2.05, 4.69) is 56.1 Å². The van der Waals surface area contributed by atoms with Crippen LogP contribution in [0.2, 0.25) is 0 Å². The lowest BCUT2D eigenvalue weighted by molar-refractivity contribution is -0.131. The summed E-state index contributed by atoms with van der Waals surface area (Å²) >= 11 is 0. The third-order valence-corrected chi connectivity index (χ3v) is 11.8. The van der Waals surface area contributed by atoms with E-state index in [1.54, 1.807) is 12.5 Å². The summed E-state index contributed by atoms with van der Waals surface area (Å²) in [5.74, 6) is 2.38. The molecule has 0 aliphatic heterocycles. The first kappa shape index (κ1) is 23.3. The van der Waals surface area contributed by atoms with E-state index < -0.39 is 0 Å². The fraction of sp³-hybridized carbons (Fsp3) is 0.625. The zero-order chi connectivity index (χ0) is 24.6. The van der Waals surface area contributed by atoms with E-state index in [1.807, 2.05) is 24.3 Å². The first-order valence-electron chi connectivity index (χ1n) is 13.9. The summed E-state index contributed by atoms with van der Waals surface area (Å²) in [6.45, 7) is 9.57. The van der Waals surface area contributed by atoms with E-state index in [4.69, 9.17) is 0 Å². The van der Waals surface area contributed by atoms with Gasteiger partial charge in [0.25, 0.3) is 0 Å². The molecule has 3 saturated carbocycles. The molecule has 0 radical (unpaired) electrons. The van der Waals surface area contributed by atoms with Gasteiger partial charge in [-0.05, 0) is 108 Å². The number of hydrogen-bond donors (Lipinski definition) is 0. The van der Waals surface area contributed by atoms with Gasteiger partial charge in [0.2, 0.25) is 5.91 Å². The largest absolute Gasteiger partial charge is 0.343 e. The van der Waals surface area contributed by atoms with Gasteiger partial charge < -0.3 is 4.90 Å². The number of rotatable bonds is 2. The summed E-state index contributed by atoms with van der Waals surface area (Å²) in [4.78, 5) is 18.4. The lowest BCUT2D eigenvalue weighted by Gasteiger charge is -2.63. The molecule has 3 fully saturated rings. The third-order valence-electron chi connectivity index (χ3n) is 11.8. The van der Waals surface area contributed by atoms with E-state index in [0.717, 1.165) is 24.7 Å². The maximum Gasteiger partial charge on any atom is 0.219 e. The molecule has 0 saturated heterocycles. The number of amides is 1. The minimum atomic E-state index is 0.203. The Bertz CT molecular complexity index is 1200. The van der Waals surface area contributed by atoms with E-state index in [9.17, 15) is 4.79 Å². The van der Waals surface area contributed by atoms with Crippen LogP contribution in [0.25, 0.3) is 10.8 Å². The molecule has 3 nitrogen and oxygen atoms in total. The highest BCUT2D eigenvalue weighted by Crippen LogP contribution is 2.72. The predicted octanol–water partition coefficient (Wildman–Crippen LogP) is 7.52. The normalized spacial score (nSPS) is 40.4. The number of nitrogens with zero attached hydrogens (tertiary/aromatic N) is 2. The number of allylic oxidation sites excluding steroid dienone is 1. The monoisotopic (exact) mass is 470 g/mol. The number of carbonyl (C=O) groups excluding carboxylic acids is 1. The molecule has 1 heterocycles. The number of aromatic nitrogens is 1. The molecule has 4 aliphatic carbocycles. The summed E-state index contributed by atoms with van der Waals surface area (Å²) in [7, 11) is 2.00. The highest BCUT2D eigenvalue weighted by molar-refractivity contribution is 5.82. The number of benzene rings is 1. The van der Waals surface area contributed by atoms with Gasteiger partial charge in [0.15, 0.2) is 0 Å². The minimum absolute atomic E-state index is 0.203. The van der Waals surface area contributed by atoms with Crippen LogP contribution in [-0.4, -0.2) is 28.9 Å². The van der Waals surface area contributed by atoms with Gasteiger partial charge in [0.1, 0.15) is 0 Å². The van der Waals surface area contributed by atoms with Crippen molar-refractivity contribution >= 4 is 16.7 Å². The molecule has 1 aromatic carbocycles. The molecule has 1 amide bonds. The van der Waals surface area contributed by atoms with Crippen LogP contribution >= 0.6 is 0 Å². The smallest absolute Gasteiger partial charge is 0.219 e. The van der Waals surface area contributed by atoms with Gasteiger partial charge in [-0.2, -0.15) is 0 Å². The molecule has 1 aromatic heterocycles. The molecule has 2 aromatic rings. The lowest BCUT2D eigenvalue weighted by atomic mass is 9.41. The van der Waals surface area contributed by atoms with Gasteiger partial charge in [-0.15, -0.1) is 0 Å². The minimum Gasteiger partial charge on any atom is -0.343 e. The standard InChI is InChI=1S/C32H42N2O/c1-21(35)34(5)26-11-15-30(2)25(19-26)10-14-32(4)28-9-8-27(31(28,3)16-12-29(30)32)23-7-6-22-13-17-33-20-24(22)18-23/h6-7,10,13,17-18,20,26-29H,8-9,11-12,14-16,19H2,1-5H3/t26-,27-,28-,29-,30+,31-,32+/m1/s1. The van der Waals surface area contributed by atoms with Gasteiger partial charge in [0, 0.05) is 37.8 Å². The van der Waals surface area contributed by atoms with Gasteiger partial charge in [0.05, 0.1) is 0 Å². The van der Waals surface area contributed by atoms with Crippen LogP contribution in [0.4, 0.5) is 0 Å². The zero-order valence-corrected chi connectivity index (χ0v) is 22.3. The summed E-state index contributed by atoms with van der Waals surface area (Å²) in [5.41, 5.74) is 4.23. The van der Waals surface area contributed by atoms with Crippen molar-refractivity contribution in [2.75, 3.05) is 7.05 Å². The fourth-order valence-electron chi connectivity index (χ4n) is 9.75. The van der Waals surface area contributed by atoms with Gasteiger partial charge in [-0.25, -0.2) is 0 Å². The van der Waals surface area contributed by atoms with E-state index >= 15 is 0 Å². The van der Waals surface area contributed by atoms with Gasteiger partial charge in [-0.1, -0.05) is 44.6 Å². The van der Waals surface area contributed by atoms with Crippen molar-refractivity contribution in [2.45, 2.75) is 91.0 Å². The number of hydrogen-bond acceptors (Lipinski definition) is 2. The van der Waals surface area contributed by atoms with Crippen LogP contribution in [0.15, 0.2) is 48.3 Å². The molecular formula is C32H42N2O. The van der Waals surface area contributed by atoms with E-state index in [0.29, 0.717) is 28.2 Å². The Hall–Kier alpha value is -2.16. The number of fused-ring (bicyclic) bond motifs is 6. The summed E-state index contributed by atoms with van der Waals surface area (Å²) in [6.07, 6.45) is 16.6. The first-order valence-corrected chi connectivity index (χ1v) is 13.9. The maximum absolute atomic E-state index is 12.0. The highest BCUT2D eigenvalue weighted by atomic mass is 16.2. The maximum atomic E-state index is 12.0. The van der Waals surface area contributed by atoms with Crippen LogP contribution in [0, 0.1) is 28.1 Å². The van der Waals surface area contributed by atoms with Crippen LogP contribution in [0.5, 0.6) is 0 Å². The number of pyridine rings is 1. The number of carbonyl (C=O) groups is 1. The van der Waals surface area contributed by atoms with Crippen LogP contribution in [0.1, 0.15) is 90.5 Å². The van der Waals surface area contributed by atoms with Crippen LogP contribution in [-0.2, 0) is 4.79 Å². The molecule has 0 bridgehead atoms. The summed E-state index contributed by atoms with van der Waals surface area (Å²) < 4.78 is 0. The van der Waals surface area contributed by atoms with Crippen molar-refractivity contribution in [3.05, 3.63) is 53.9 Å². The molecule has 7 atom stereocenters. The Labute approximate surface area is 211 Å². The average Bonchev–Trinajstić information content (AvgIpc) is 3.21. The SMILES string of the molecule is CC(=O)N(C)[C@@H]1CC[C@@]2(C)C(=CC[C@@]3(C)[C@@H]4CC[C@H](c5ccc6ccncc6c5)[C@@]4(C)CC[C@@H]32)C1. The van der Waals surface area contributed by atoms with Crippen LogP contribution in [0.3, 0.4) is 0 Å². The topological polar surface area (TPSA) is 33.2 Å². The quantitative estimate of drug-likeness (QED) is 0.425. The molecule has 0 N–H and O–H groups in total. The van der Waals surface area contributed by atoms with E-state index in [-0.39, 0.29) is 5.91 Å². The first-order chi connectivity index (χ1) is 16.7. The Kier molecular flexibility index (Phi) is 5.26. The van der Waals surface area contributed by atoms with Gasteiger partial charge >= 0.3 is 0 Å². The molecule has 0 unspecified atom stereocenters. The molecule has 6 rings (SSSR count). The van der Waals surface area contributed by atoms with E-state index in [1.165, 1.54) is 54.9 Å². The molecule has 3 heteroatoms. The van der Waals surface area contributed by atoms with Gasteiger partial charge in [-0.3, -0.25) is 9.78 Å². The lowest BCUT2D eigenvalue weighted by Crippen LogP contribution is -2.56. The Balaban J connectivity index is 1.31. The Morgan fingerprint density at radius 2 is 1.80 bits per heavy atom. The Morgan fingerprint density at radius 1 is 0.971 bits per heavy atom. The summed E-state index contributed by atoms with van der Waals surface area (Å²) in [5, 5.41) is 2.57. The van der Waals surface area contributed by atoms with Crippen molar-refractivity contribution in [2.24, 2.45) is 28.1 Å². The third kappa shape index (κ3) is 3.29. The van der Waals surface area contributed by atoms with Crippen LogP contribution < -0.4 is 0 Å². The highest BCUT2D eigenvalue weighted by Gasteiger charge is 2.63. The van der Waals surface area contributed by atoms with Crippen molar-refractivity contribution in [1.82, 2.24) is 9.88 Å². The molecule has 186 valence electrons. The Morgan fingerprint density at radius 3 is 2.60 bits per heavy atom. The van der Waals surface area contributed by atoms with Crippen molar-refractivity contribution in [3.8, 4) is 0 Å². The fourth-order valence-corrected chi connectivity index (χ4v) is 9.75. The van der Waals surface area contributed by atoms with Crippen molar-refractivity contribution in [3.63, 3.8) is 0 Å². The predicted molar refractivity (Wildman–Crippen MR) is 143 cm³/mol. The van der Waals surface area contributed by atoms with Crippen molar-refractivity contribution < 1.29 is 4.79 Å².